The van der Waals surface area contributed by atoms with Crippen LogP contribution in [0.2, 0.25) is 0 Å². The normalized spacial score (nSPS) is 15.8. The van der Waals surface area contributed by atoms with Crippen LogP contribution in [0.1, 0.15) is 39.3 Å². The highest BCUT2D eigenvalue weighted by Crippen LogP contribution is 2.24. The summed E-state index contributed by atoms with van der Waals surface area (Å²) in [5.41, 5.74) is 7.36. The molecule has 1 aromatic carbocycles. The molecule has 0 aliphatic carbocycles. The van der Waals surface area contributed by atoms with Crippen LogP contribution in [0.15, 0.2) is 24.3 Å². The predicted molar refractivity (Wildman–Crippen MR) is 74.9 cm³/mol. The molecule has 3 heteroatoms. The van der Waals surface area contributed by atoms with Crippen molar-refractivity contribution in [1.29, 1.82) is 0 Å². The topological polar surface area (TPSA) is 29.3 Å². The minimum absolute atomic E-state index is 0.0830. The zero-order chi connectivity index (χ0) is 13.9. The van der Waals surface area contributed by atoms with E-state index in [1.54, 1.807) is 12.1 Å². The van der Waals surface area contributed by atoms with Crippen LogP contribution in [0.25, 0.3) is 0 Å². The average Bonchev–Trinajstić information content (AvgIpc) is 2.27. The fourth-order valence-electron chi connectivity index (χ4n) is 1.94. The largest absolute Gasteiger partial charge is 0.323 e. The Morgan fingerprint density at radius 2 is 1.72 bits per heavy atom. The summed E-state index contributed by atoms with van der Waals surface area (Å²) >= 11 is 0. The van der Waals surface area contributed by atoms with Gasteiger partial charge in [-0.2, -0.15) is 0 Å². The zero-order valence-electron chi connectivity index (χ0n) is 12.1. The van der Waals surface area contributed by atoms with Gasteiger partial charge >= 0.3 is 0 Å². The van der Waals surface area contributed by atoms with E-state index in [1.165, 1.54) is 12.1 Å². The highest BCUT2D eigenvalue weighted by Gasteiger charge is 2.24. The summed E-state index contributed by atoms with van der Waals surface area (Å²) in [5.74, 6) is -0.220. The quantitative estimate of drug-likeness (QED) is 0.891. The van der Waals surface area contributed by atoms with Crippen LogP contribution in [-0.2, 0) is 0 Å². The van der Waals surface area contributed by atoms with Gasteiger partial charge in [-0.15, -0.1) is 0 Å². The van der Waals surface area contributed by atoms with Crippen molar-refractivity contribution in [2.45, 2.75) is 39.8 Å². The number of hydrogen-bond donors (Lipinski definition) is 1. The summed E-state index contributed by atoms with van der Waals surface area (Å²) in [5, 5.41) is 0. The smallest absolute Gasteiger partial charge is 0.123 e. The van der Waals surface area contributed by atoms with E-state index in [1.807, 2.05) is 0 Å². The second kappa shape index (κ2) is 5.81. The molecule has 0 aliphatic heterocycles. The van der Waals surface area contributed by atoms with Gasteiger partial charge in [-0.3, -0.25) is 0 Å². The molecule has 0 amide bonds. The predicted octanol–water partition coefficient (Wildman–Crippen LogP) is 3.19. The molecule has 0 radical (unpaired) electrons. The van der Waals surface area contributed by atoms with E-state index >= 15 is 0 Å². The van der Waals surface area contributed by atoms with Crippen molar-refractivity contribution in [3.8, 4) is 0 Å². The van der Waals surface area contributed by atoms with Gasteiger partial charge in [-0.25, -0.2) is 4.39 Å². The van der Waals surface area contributed by atoms with Crippen molar-refractivity contribution in [2.75, 3.05) is 13.6 Å². The van der Waals surface area contributed by atoms with Gasteiger partial charge < -0.3 is 10.6 Å². The Balaban J connectivity index is 2.64. The molecular weight excluding hydrogens is 227 g/mol. The molecule has 1 rings (SSSR count). The van der Waals surface area contributed by atoms with Crippen molar-refractivity contribution in [2.24, 2.45) is 11.1 Å². The van der Waals surface area contributed by atoms with Gasteiger partial charge in [-0.05, 0) is 37.1 Å². The number of hydrogen-bond acceptors (Lipinski definition) is 2. The molecule has 0 bridgehead atoms. The Hall–Kier alpha value is -0.930. The van der Waals surface area contributed by atoms with Crippen LogP contribution in [0.3, 0.4) is 0 Å². The van der Waals surface area contributed by atoms with Crippen molar-refractivity contribution < 1.29 is 4.39 Å². The van der Waals surface area contributed by atoms with Gasteiger partial charge in [0, 0.05) is 18.6 Å². The molecule has 0 fully saturated rings. The summed E-state index contributed by atoms with van der Waals surface area (Å²) in [6, 6.07) is 6.79. The molecule has 2 unspecified atom stereocenters. The molecule has 2 N–H and O–H groups in total. The molecule has 2 nitrogen and oxygen atoms in total. The van der Waals surface area contributed by atoms with E-state index < -0.39 is 0 Å². The van der Waals surface area contributed by atoms with Crippen LogP contribution in [0, 0.1) is 11.2 Å². The lowest BCUT2D eigenvalue weighted by Gasteiger charge is -2.36. The Morgan fingerprint density at radius 1 is 1.22 bits per heavy atom. The molecule has 0 spiro atoms. The first-order valence-electron chi connectivity index (χ1n) is 6.43. The first-order valence-corrected chi connectivity index (χ1v) is 6.43. The van der Waals surface area contributed by atoms with Crippen LogP contribution in [-0.4, -0.2) is 24.5 Å². The van der Waals surface area contributed by atoms with Gasteiger partial charge in [0.2, 0.25) is 0 Å². The first-order chi connectivity index (χ1) is 8.21. The van der Waals surface area contributed by atoms with E-state index in [4.69, 9.17) is 5.73 Å². The second-order valence-corrected chi connectivity index (χ2v) is 6.14. The van der Waals surface area contributed by atoms with Gasteiger partial charge in [-0.1, -0.05) is 32.9 Å². The standard InChI is InChI=1S/C15H25FN2/c1-11(15(2,3)4)18(5)10-14(17)12-6-8-13(16)9-7-12/h6-9,11,14H,10,17H2,1-5H3. The molecule has 0 heterocycles. The molecule has 0 aromatic heterocycles. The van der Waals surface area contributed by atoms with Crippen molar-refractivity contribution >= 4 is 0 Å². The maximum atomic E-state index is 12.8. The van der Waals surface area contributed by atoms with E-state index in [0.29, 0.717) is 6.04 Å². The lowest BCUT2D eigenvalue weighted by Crippen LogP contribution is -2.42. The van der Waals surface area contributed by atoms with Gasteiger partial charge in [0.15, 0.2) is 0 Å². The molecule has 2 atom stereocenters. The van der Waals surface area contributed by atoms with E-state index in [2.05, 4.69) is 39.6 Å². The van der Waals surface area contributed by atoms with Gasteiger partial charge in [0.05, 0.1) is 0 Å². The number of benzene rings is 1. The first kappa shape index (κ1) is 15.1. The molecule has 18 heavy (non-hydrogen) atoms. The minimum atomic E-state index is -0.220. The SMILES string of the molecule is CC(N(C)CC(N)c1ccc(F)cc1)C(C)(C)C. The fourth-order valence-corrected chi connectivity index (χ4v) is 1.94. The number of halogens is 1. The summed E-state index contributed by atoms with van der Waals surface area (Å²) in [4.78, 5) is 2.26. The maximum absolute atomic E-state index is 12.8. The van der Waals surface area contributed by atoms with Gasteiger partial charge in [0.1, 0.15) is 5.82 Å². The van der Waals surface area contributed by atoms with E-state index in [9.17, 15) is 4.39 Å². The molecule has 0 aliphatic rings. The van der Waals surface area contributed by atoms with Crippen LogP contribution >= 0.6 is 0 Å². The summed E-state index contributed by atoms with van der Waals surface area (Å²) in [6.07, 6.45) is 0. The Kier molecular flexibility index (Phi) is 4.88. The van der Waals surface area contributed by atoms with Gasteiger partial charge in [0.25, 0.3) is 0 Å². The third kappa shape index (κ3) is 4.07. The maximum Gasteiger partial charge on any atom is 0.123 e. The molecule has 1 aromatic rings. The number of likely N-dealkylation sites (N-methyl/N-ethyl adjacent to an activating group) is 1. The molecule has 0 saturated heterocycles. The minimum Gasteiger partial charge on any atom is -0.323 e. The monoisotopic (exact) mass is 252 g/mol. The lowest BCUT2D eigenvalue weighted by molar-refractivity contribution is 0.134. The Morgan fingerprint density at radius 3 is 2.17 bits per heavy atom. The van der Waals surface area contributed by atoms with E-state index in [0.717, 1.165) is 12.1 Å². The zero-order valence-corrected chi connectivity index (χ0v) is 12.1. The third-order valence-corrected chi connectivity index (χ3v) is 3.70. The molecular formula is C15H25FN2. The van der Waals surface area contributed by atoms with Crippen LogP contribution < -0.4 is 5.73 Å². The lowest BCUT2D eigenvalue weighted by atomic mass is 9.87. The fraction of sp³-hybridized carbons (Fsp3) is 0.600. The average molecular weight is 252 g/mol. The van der Waals surface area contributed by atoms with E-state index in [-0.39, 0.29) is 17.3 Å². The van der Waals surface area contributed by atoms with Crippen LogP contribution in [0.4, 0.5) is 4.39 Å². The summed E-state index contributed by atoms with van der Waals surface area (Å²) in [7, 11) is 2.08. The highest BCUT2D eigenvalue weighted by molar-refractivity contribution is 5.19. The number of rotatable bonds is 4. The molecule has 0 saturated carbocycles. The van der Waals surface area contributed by atoms with Crippen molar-refractivity contribution in [3.63, 3.8) is 0 Å². The summed E-state index contributed by atoms with van der Waals surface area (Å²) < 4.78 is 12.8. The second-order valence-electron chi connectivity index (χ2n) is 6.14. The Labute approximate surface area is 110 Å². The Bertz CT molecular complexity index is 367. The number of nitrogens with two attached hydrogens (primary N) is 1. The summed E-state index contributed by atoms with van der Waals surface area (Å²) in [6.45, 7) is 9.63. The van der Waals surface area contributed by atoms with Crippen molar-refractivity contribution in [3.05, 3.63) is 35.6 Å². The van der Waals surface area contributed by atoms with Crippen molar-refractivity contribution in [1.82, 2.24) is 4.90 Å². The number of nitrogens with zero attached hydrogens (tertiary/aromatic N) is 1. The van der Waals surface area contributed by atoms with Crippen LogP contribution in [0.5, 0.6) is 0 Å². The highest BCUT2D eigenvalue weighted by atomic mass is 19.1. The molecule has 102 valence electrons. The third-order valence-electron chi connectivity index (χ3n) is 3.70.